The maximum Gasteiger partial charge on any atom is 0.251 e. The minimum absolute atomic E-state index is 0.0918. The van der Waals surface area contributed by atoms with Gasteiger partial charge in [0, 0.05) is 31.4 Å². The van der Waals surface area contributed by atoms with Crippen molar-refractivity contribution in [2.45, 2.75) is 32.5 Å². The van der Waals surface area contributed by atoms with Gasteiger partial charge in [-0.25, -0.2) is 0 Å². The Hall–Kier alpha value is -1.59. The molecule has 1 saturated heterocycles. The van der Waals surface area contributed by atoms with Gasteiger partial charge in [-0.1, -0.05) is 0 Å². The Bertz CT molecular complexity index is 469. The van der Waals surface area contributed by atoms with Crippen LogP contribution in [-0.4, -0.2) is 38.9 Å². The molecule has 1 aliphatic rings. The molecule has 1 atom stereocenters. The summed E-state index contributed by atoms with van der Waals surface area (Å²) in [4.78, 5) is 12.2. The Morgan fingerprint density at radius 1 is 1.48 bits per heavy atom. The predicted octanol–water partition coefficient (Wildman–Crippen LogP) is 2.14. The molecule has 1 fully saturated rings. The second-order valence-corrected chi connectivity index (χ2v) is 5.03. The third-order valence-electron chi connectivity index (χ3n) is 3.44. The standard InChI is InChI=1S/C16H23NO4/c1-3-20-15-7-6-12(9-13(15)11-19-2)16(18)17-10-14-5-4-8-21-14/h6-7,9,14H,3-5,8,10-11H2,1-2H3,(H,17,18)/t14-/m0/s1. The summed E-state index contributed by atoms with van der Waals surface area (Å²) in [5.41, 5.74) is 1.49. The van der Waals surface area contributed by atoms with Gasteiger partial charge in [-0.2, -0.15) is 0 Å². The lowest BCUT2D eigenvalue weighted by atomic mass is 10.1. The molecule has 116 valence electrons. The number of rotatable bonds is 7. The molecule has 0 aromatic heterocycles. The third kappa shape index (κ3) is 4.44. The quantitative estimate of drug-likeness (QED) is 0.837. The number of hydrogen-bond acceptors (Lipinski definition) is 4. The molecule has 1 amide bonds. The van der Waals surface area contributed by atoms with Gasteiger partial charge in [-0.15, -0.1) is 0 Å². The van der Waals surface area contributed by atoms with E-state index in [-0.39, 0.29) is 12.0 Å². The zero-order chi connectivity index (χ0) is 15.1. The summed E-state index contributed by atoms with van der Waals surface area (Å²) in [5.74, 6) is 0.668. The summed E-state index contributed by atoms with van der Waals surface area (Å²) < 4.78 is 16.2. The minimum atomic E-state index is -0.0918. The van der Waals surface area contributed by atoms with Crippen LogP contribution in [0, 0.1) is 0 Å². The molecule has 1 aromatic carbocycles. The lowest BCUT2D eigenvalue weighted by Crippen LogP contribution is -2.31. The first-order valence-corrected chi connectivity index (χ1v) is 7.39. The van der Waals surface area contributed by atoms with Crippen molar-refractivity contribution in [3.63, 3.8) is 0 Å². The summed E-state index contributed by atoms with van der Waals surface area (Å²) in [6.45, 7) is 4.29. The molecular formula is C16H23NO4. The Kier molecular flexibility index (Phi) is 6.02. The normalized spacial score (nSPS) is 17.7. The van der Waals surface area contributed by atoms with Crippen molar-refractivity contribution in [3.05, 3.63) is 29.3 Å². The first-order valence-electron chi connectivity index (χ1n) is 7.39. The molecule has 0 bridgehead atoms. The van der Waals surface area contributed by atoms with Crippen molar-refractivity contribution in [3.8, 4) is 5.75 Å². The first kappa shape index (κ1) is 15.8. The van der Waals surface area contributed by atoms with Gasteiger partial charge in [-0.3, -0.25) is 4.79 Å². The van der Waals surface area contributed by atoms with Crippen LogP contribution in [0.3, 0.4) is 0 Å². The van der Waals surface area contributed by atoms with Gasteiger partial charge < -0.3 is 19.5 Å². The van der Waals surface area contributed by atoms with Gasteiger partial charge >= 0.3 is 0 Å². The number of nitrogens with one attached hydrogen (secondary N) is 1. The minimum Gasteiger partial charge on any atom is -0.494 e. The molecule has 1 aliphatic heterocycles. The number of hydrogen-bond donors (Lipinski definition) is 1. The first-order chi connectivity index (χ1) is 10.2. The topological polar surface area (TPSA) is 56.8 Å². The molecule has 0 unspecified atom stereocenters. The summed E-state index contributed by atoms with van der Waals surface area (Å²) in [7, 11) is 1.62. The highest BCUT2D eigenvalue weighted by Crippen LogP contribution is 2.21. The summed E-state index contributed by atoms with van der Waals surface area (Å²) in [6.07, 6.45) is 2.23. The Balaban J connectivity index is 2.00. The molecular weight excluding hydrogens is 270 g/mol. The van der Waals surface area contributed by atoms with E-state index in [4.69, 9.17) is 14.2 Å². The van der Waals surface area contributed by atoms with Crippen molar-refractivity contribution < 1.29 is 19.0 Å². The van der Waals surface area contributed by atoms with Crippen molar-refractivity contribution in [2.75, 3.05) is 26.9 Å². The summed E-state index contributed by atoms with van der Waals surface area (Å²) >= 11 is 0. The molecule has 21 heavy (non-hydrogen) atoms. The summed E-state index contributed by atoms with van der Waals surface area (Å²) in [6, 6.07) is 5.41. The van der Waals surface area contributed by atoms with E-state index in [2.05, 4.69) is 5.32 Å². The fourth-order valence-electron chi connectivity index (χ4n) is 2.40. The van der Waals surface area contributed by atoms with Gasteiger partial charge in [0.05, 0.1) is 19.3 Å². The van der Waals surface area contributed by atoms with Crippen molar-refractivity contribution in [2.24, 2.45) is 0 Å². The number of ether oxygens (including phenoxy) is 3. The molecule has 1 heterocycles. The van der Waals surface area contributed by atoms with Gasteiger partial charge in [-0.05, 0) is 38.0 Å². The van der Waals surface area contributed by atoms with Crippen LogP contribution in [0.25, 0.3) is 0 Å². The molecule has 0 radical (unpaired) electrons. The third-order valence-corrected chi connectivity index (χ3v) is 3.44. The molecule has 1 N–H and O–H groups in total. The highest BCUT2D eigenvalue weighted by Gasteiger charge is 2.17. The van der Waals surface area contributed by atoms with Gasteiger partial charge in [0.25, 0.3) is 5.91 Å². The van der Waals surface area contributed by atoms with Crippen LogP contribution in [0.5, 0.6) is 5.75 Å². The smallest absolute Gasteiger partial charge is 0.251 e. The number of carbonyl (C=O) groups excluding carboxylic acids is 1. The van der Waals surface area contributed by atoms with Crippen LogP contribution in [-0.2, 0) is 16.1 Å². The molecule has 5 heteroatoms. The summed E-state index contributed by atoms with van der Waals surface area (Å²) in [5, 5.41) is 2.92. The monoisotopic (exact) mass is 293 g/mol. The lowest BCUT2D eigenvalue weighted by Gasteiger charge is -2.13. The Morgan fingerprint density at radius 3 is 3.00 bits per heavy atom. The van der Waals surface area contributed by atoms with E-state index in [1.54, 1.807) is 13.2 Å². The SMILES string of the molecule is CCOc1ccc(C(=O)NC[C@@H]2CCCO2)cc1COC. The van der Waals surface area contributed by atoms with E-state index < -0.39 is 0 Å². The van der Waals surface area contributed by atoms with Crippen LogP contribution < -0.4 is 10.1 Å². The molecule has 0 aliphatic carbocycles. The fourth-order valence-corrected chi connectivity index (χ4v) is 2.40. The van der Waals surface area contributed by atoms with Gasteiger partial charge in [0.15, 0.2) is 0 Å². The number of amides is 1. The maximum atomic E-state index is 12.2. The fraction of sp³-hybridized carbons (Fsp3) is 0.562. The zero-order valence-corrected chi connectivity index (χ0v) is 12.7. The van der Waals surface area contributed by atoms with Crippen LogP contribution >= 0.6 is 0 Å². The second kappa shape index (κ2) is 8.00. The van der Waals surface area contributed by atoms with Gasteiger partial charge in [0.2, 0.25) is 0 Å². The van der Waals surface area contributed by atoms with Crippen molar-refractivity contribution in [1.82, 2.24) is 5.32 Å². The number of benzene rings is 1. The van der Waals surface area contributed by atoms with Crippen LogP contribution in [0.4, 0.5) is 0 Å². The molecule has 0 spiro atoms. The molecule has 2 rings (SSSR count). The van der Waals surface area contributed by atoms with E-state index in [0.717, 1.165) is 30.8 Å². The lowest BCUT2D eigenvalue weighted by molar-refractivity contribution is 0.0857. The van der Waals surface area contributed by atoms with Crippen molar-refractivity contribution >= 4 is 5.91 Å². The van der Waals surface area contributed by atoms with Crippen LogP contribution in [0.15, 0.2) is 18.2 Å². The van der Waals surface area contributed by atoms with E-state index in [1.807, 2.05) is 19.1 Å². The molecule has 5 nitrogen and oxygen atoms in total. The second-order valence-electron chi connectivity index (χ2n) is 5.03. The number of carbonyl (C=O) groups is 1. The number of methoxy groups -OCH3 is 1. The van der Waals surface area contributed by atoms with Crippen molar-refractivity contribution in [1.29, 1.82) is 0 Å². The highest BCUT2D eigenvalue weighted by molar-refractivity contribution is 5.94. The molecule has 0 saturated carbocycles. The van der Waals surface area contributed by atoms with Gasteiger partial charge in [0.1, 0.15) is 5.75 Å². The highest BCUT2D eigenvalue weighted by atomic mass is 16.5. The van der Waals surface area contributed by atoms with Crippen LogP contribution in [0.2, 0.25) is 0 Å². The van der Waals surface area contributed by atoms with E-state index in [9.17, 15) is 4.79 Å². The Morgan fingerprint density at radius 2 is 2.33 bits per heavy atom. The predicted molar refractivity (Wildman–Crippen MR) is 79.6 cm³/mol. The average Bonchev–Trinajstić information content (AvgIpc) is 3.00. The van der Waals surface area contributed by atoms with E-state index in [1.165, 1.54) is 0 Å². The van der Waals surface area contributed by atoms with E-state index >= 15 is 0 Å². The Labute approximate surface area is 125 Å². The molecule has 1 aromatic rings. The largest absolute Gasteiger partial charge is 0.494 e. The average molecular weight is 293 g/mol. The van der Waals surface area contributed by atoms with E-state index in [0.29, 0.717) is 25.3 Å². The maximum absolute atomic E-state index is 12.2. The zero-order valence-electron chi connectivity index (χ0n) is 12.7. The van der Waals surface area contributed by atoms with Crippen LogP contribution in [0.1, 0.15) is 35.7 Å².